The van der Waals surface area contributed by atoms with Crippen LogP contribution in [0, 0.1) is 11.6 Å². The molecule has 0 aliphatic rings. The van der Waals surface area contributed by atoms with Crippen molar-refractivity contribution in [3.63, 3.8) is 0 Å². The summed E-state index contributed by atoms with van der Waals surface area (Å²) < 4.78 is 31.6. The summed E-state index contributed by atoms with van der Waals surface area (Å²) in [5.74, 6) is -1.52. The lowest BCUT2D eigenvalue weighted by Gasteiger charge is -2.07. The largest absolute Gasteiger partial charge is 0.383 e. The van der Waals surface area contributed by atoms with Gasteiger partial charge in [0.2, 0.25) is 0 Å². The van der Waals surface area contributed by atoms with Gasteiger partial charge in [-0.1, -0.05) is 0 Å². The number of nitrogens with one attached hydrogen (secondary N) is 1. The van der Waals surface area contributed by atoms with E-state index in [0.717, 1.165) is 11.8 Å². The van der Waals surface area contributed by atoms with E-state index >= 15 is 0 Å². The van der Waals surface area contributed by atoms with Crippen LogP contribution in [0.15, 0.2) is 28.9 Å². The highest BCUT2D eigenvalue weighted by molar-refractivity contribution is 9.10. The summed E-state index contributed by atoms with van der Waals surface area (Å²) in [6, 6.07) is 4.26. The van der Waals surface area contributed by atoms with Crippen LogP contribution in [0.5, 0.6) is 0 Å². The summed E-state index contributed by atoms with van der Waals surface area (Å²) in [6.07, 6.45) is 1.59. The van der Waals surface area contributed by atoms with E-state index in [4.69, 9.17) is 4.74 Å². The second-order valence-corrected chi connectivity index (χ2v) is 5.06. The predicted octanol–water partition coefficient (Wildman–Crippen LogP) is 2.92. The first-order valence-corrected chi connectivity index (χ1v) is 7.08. The van der Waals surface area contributed by atoms with Crippen LogP contribution in [0.2, 0.25) is 0 Å². The summed E-state index contributed by atoms with van der Waals surface area (Å²) in [5, 5.41) is 3.16. The fourth-order valence-electron chi connectivity index (χ4n) is 1.71. The Hall–Kier alpha value is -1.44. The molecule has 0 spiro atoms. The summed E-state index contributed by atoms with van der Waals surface area (Å²) >= 11 is 3.04. The van der Waals surface area contributed by atoms with E-state index in [-0.39, 0.29) is 4.47 Å². The summed E-state index contributed by atoms with van der Waals surface area (Å²) in [6.45, 7) is 1.84. The topological polar surface area (TPSA) is 47.0 Å². The number of halogens is 3. The highest BCUT2D eigenvalue weighted by Crippen LogP contribution is 2.29. The standard InChI is InChI=1S/C14H14BrF2N3O/c1-21-7-6-18-8-9-4-5-19-14(20-9)10-2-3-11(16)13(17)12(10)15/h2-5,18H,6-8H2,1H3. The van der Waals surface area contributed by atoms with Crippen molar-refractivity contribution in [1.82, 2.24) is 15.3 Å². The molecule has 1 heterocycles. The van der Waals surface area contributed by atoms with Gasteiger partial charge in [-0.2, -0.15) is 0 Å². The zero-order valence-corrected chi connectivity index (χ0v) is 13.0. The molecular weight excluding hydrogens is 344 g/mol. The minimum atomic E-state index is -0.945. The number of rotatable bonds is 6. The van der Waals surface area contributed by atoms with E-state index < -0.39 is 11.6 Å². The van der Waals surface area contributed by atoms with Gasteiger partial charge in [0.05, 0.1) is 16.8 Å². The molecule has 0 fully saturated rings. The van der Waals surface area contributed by atoms with E-state index in [1.54, 1.807) is 19.4 Å². The minimum absolute atomic E-state index is 0.0204. The van der Waals surface area contributed by atoms with Gasteiger partial charge >= 0.3 is 0 Å². The van der Waals surface area contributed by atoms with Gasteiger partial charge in [-0.05, 0) is 34.1 Å². The van der Waals surface area contributed by atoms with Gasteiger partial charge < -0.3 is 10.1 Å². The minimum Gasteiger partial charge on any atom is -0.383 e. The Bertz CT molecular complexity index is 625. The monoisotopic (exact) mass is 357 g/mol. The van der Waals surface area contributed by atoms with Crippen LogP contribution in [-0.4, -0.2) is 30.2 Å². The first-order chi connectivity index (χ1) is 10.1. The van der Waals surface area contributed by atoms with Crippen molar-refractivity contribution in [2.45, 2.75) is 6.54 Å². The van der Waals surface area contributed by atoms with Crippen LogP contribution in [0.25, 0.3) is 11.4 Å². The van der Waals surface area contributed by atoms with Gasteiger partial charge in [0.25, 0.3) is 0 Å². The lowest BCUT2D eigenvalue weighted by molar-refractivity contribution is 0.199. The molecule has 0 bridgehead atoms. The number of methoxy groups -OCH3 is 1. The lowest BCUT2D eigenvalue weighted by atomic mass is 10.2. The number of hydrogen-bond acceptors (Lipinski definition) is 4. The van der Waals surface area contributed by atoms with Gasteiger partial charge in [-0.3, -0.25) is 0 Å². The maximum Gasteiger partial charge on any atom is 0.173 e. The highest BCUT2D eigenvalue weighted by Gasteiger charge is 2.14. The molecular formula is C14H14BrF2N3O. The Morgan fingerprint density at radius 1 is 1.29 bits per heavy atom. The maximum absolute atomic E-state index is 13.6. The molecule has 0 aliphatic carbocycles. The zero-order chi connectivity index (χ0) is 15.2. The van der Waals surface area contributed by atoms with Crippen molar-refractivity contribution in [2.24, 2.45) is 0 Å². The Balaban J connectivity index is 2.19. The number of nitrogens with zero attached hydrogens (tertiary/aromatic N) is 2. The number of aromatic nitrogens is 2. The van der Waals surface area contributed by atoms with Gasteiger partial charge in [0, 0.05) is 32.0 Å². The normalized spacial score (nSPS) is 10.9. The second kappa shape index (κ2) is 7.53. The Morgan fingerprint density at radius 2 is 2.10 bits per heavy atom. The molecule has 112 valence electrons. The fraction of sp³-hybridized carbons (Fsp3) is 0.286. The molecule has 4 nitrogen and oxygen atoms in total. The number of hydrogen-bond donors (Lipinski definition) is 1. The molecule has 2 aromatic rings. The number of benzene rings is 1. The molecule has 21 heavy (non-hydrogen) atoms. The van der Waals surface area contributed by atoms with Crippen LogP contribution in [0.3, 0.4) is 0 Å². The van der Waals surface area contributed by atoms with Crippen molar-refractivity contribution in [2.75, 3.05) is 20.3 Å². The van der Waals surface area contributed by atoms with Crippen LogP contribution in [0.4, 0.5) is 8.78 Å². The molecule has 0 atom stereocenters. The molecule has 0 saturated heterocycles. The first kappa shape index (κ1) is 15.9. The highest BCUT2D eigenvalue weighted by atomic mass is 79.9. The van der Waals surface area contributed by atoms with E-state index in [0.29, 0.717) is 31.1 Å². The molecule has 0 radical (unpaired) electrons. The Kier molecular flexibility index (Phi) is 5.72. The predicted molar refractivity (Wildman–Crippen MR) is 78.7 cm³/mol. The molecule has 0 amide bonds. The first-order valence-electron chi connectivity index (χ1n) is 6.29. The lowest BCUT2D eigenvalue weighted by Crippen LogP contribution is -2.19. The molecule has 0 saturated carbocycles. The average Bonchev–Trinajstić information content (AvgIpc) is 2.50. The quantitative estimate of drug-likeness (QED) is 0.637. The van der Waals surface area contributed by atoms with E-state index in [1.165, 1.54) is 6.07 Å². The second-order valence-electron chi connectivity index (χ2n) is 4.26. The van der Waals surface area contributed by atoms with Crippen molar-refractivity contribution in [3.05, 3.63) is 46.2 Å². The summed E-state index contributed by atoms with van der Waals surface area (Å²) in [5.41, 5.74) is 1.17. The third-order valence-corrected chi connectivity index (χ3v) is 3.55. The number of ether oxygens (including phenoxy) is 1. The van der Waals surface area contributed by atoms with Crippen LogP contribution < -0.4 is 5.32 Å². The molecule has 1 aromatic carbocycles. The summed E-state index contributed by atoms with van der Waals surface area (Å²) in [7, 11) is 1.63. The van der Waals surface area contributed by atoms with Gasteiger partial charge in [0.15, 0.2) is 17.5 Å². The smallest absolute Gasteiger partial charge is 0.173 e. The van der Waals surface area contributed by atoms with E-state index in [9.17, 15) is 8.78 Å². The molecule has 1 aromatic heterocycles. The van der Waals surface area contributed by atoms with Gasteiger partial charge in [-0.25, -0.2) is 18.7 Å². The maximum atomic E-state index is 13.6. The van der Waals surface area contributed by atoms with Crippen LogP contribution in [0.1, 0.15) is 5.69 Å². The Morgan fingerprint density at radius 3 is 2.86 bits per heavy atom. The average molecular weight is 358 g/mol. The van der Waals surface area contributed by atoms with Gasteiger partial charge in [0.1, 0.15) is 0 Å². The molecule has 1 N–H and O–H groups in total. The third-order valence-electron chi connectivity index (χ3n) is 2.78. The van der Waals surface area contributed by atoms with Crippen molar-refractivity contribution in [3.8, 4) is 11.4 Å². The molecule has 0 aliphatic heterocycles. The molecule has 2 rings (SSSR count). The zero-order valence-electron chi connectivity index (χ0n) is 11.4. The van der Waals surface area contributed by atoms with Crippen molar-refractivity contribution < 1.29 is 13.5 Å². The Labute approximate surface area is 129 Å². The fourth-order valence-corrected chi connectivity index (χ4v) is 2.21. The van der Waals surface area contributed by atoms with Crippen LogP contribution in [-0.2, 0) is 11.3 Å². The van der Waals surface area contributed by atoms with Crippen molar-refractivity contribution in [1.29, 1.82) is 0 Å². The van der Waals surface area contributed by atoms with E-state index in [2.05, 4.69) is 31.2 Å². The molecule has 7 heteroatoms. The van der Waals surface area contributed by atoms with E-state index in [1.807, 2.05) is 0 Å². The summed E-state index contributed by atoms with van der Waals surface area (Å²) in [4.78, 5) is 8.44. The molecule has 0 unspecified atom stereocenters. The third kappa shape index (κ3) is 4.03. The van der Waals surface area contributed by atoms with Gasteiger partial charge in [-0.15, -0.1) is 0 Å². The van der Waals surface area contributed by atoms with Crippen LogP contribution >= 0.6 is 15.9 Å². The SMILES string of the molecule is COCCNCc1ccnc(-c2ccc(F)c(F)c2Br)n1. The van der Waals surface area contributed by atoms with Crippen molar-refractivity contribution >= 4 is 15.9 Å².